The van der Waals surface area contributed by atoms with Gasteiger partial charge in [-0.2, -0.15) is 0 Å². The Morgan fingerprint density at radius 1 is 1.38 bits per heavy atom. The summed E-state index contributed by atoms with van der Waals surface area (Å²) in [5, 5.41) is 0. The lowest BCUT2D eigenvalue weighted by molar-refractivity contribution is 0.173. The van der Waals surface area contributed by atoms with Crippen molar-refractivity contribution >= 4 is 15.9 Å². The lowest BCUT2D eigenvalue weighted by Gasteiger charge is -2.28. The summed E-state index contributed by atoms with van der Waals surface area (Å²) in [4.78, 5) is 2.51. The number of ether oxygens (including phenoxy) is 2. The second-order valence-corrected chi connectivity index (χ2v) is 7.13. The zero-order valence-electron chi connectivity index (χ0n) is 12.6. The van der Waals surface area contributed by atoms with Crippen molar-refractivity contribution in [2.75, 3.05) is 26.4 Å². The van der Waals surface area contributed by atoms with Crippen LogP contribution in [0.4, 0.5) is 0 Å². The van der Waals surface area contributed by atoms with Crippen molar-refractivity contribution < 1.29 is 9.47 Å². The summed E-state index contributed by atoms with van der Waals surface area (Å²) in [6.45, 7) is 7.79. The summed E-state index contributed by atoms with van der Waals surface area (Å²) in [7, 11) is 0. The monoisotopic (exact) mass is 354 g/mol. The average Bonchev–Trinajstić information content (AvgIpc) is 3.08. The second-order valence-electron chi connectivity index (χ2n) is 6.28. The number of hydrogen-bond acceptors (Lipinski definition) is 4. The predicted molar refractivity (Wildman–Crippen MR) is 86.6 cm³/mol. The Morgan fingerprint density at radius 3 is 2.86 bits per heavy atom. The molecule has 2 aliphatic rings. The molecule has 0 bridgehead atoms. The lowest BCUT2D eigenvalue weighted by atomic mass is 9.95. The van der Waals surface area contributed by atoms with Crippen molar-refractivity contribution in [1.29, 1.82) is 0 Å². The summed E-state index contributed by atoms with van der Waals surface area (Å²) >= 11 is 3.57. The van der Waals surface area contributed by atoms with Crippen LogP contribution in [0.3, 0.4) is 0 Å². The Kier molecular flexibility index (Phi) is 4.43. The van der Waals surface area contributed by atoms with Gasteiger partial charge in [0.05, 0.1) is 4.47 Å². The van der Waals surface area contributed by atoms with E-state index in [-0.39, 0.29) is 6.04 Å². The molecule has 1 aromatic rings. The van der Waals surface area contributed by atoms with Crippen LogP contribution in [-0.4, -0.2) is 31.3 Å². The molecule has 1 saturated heterocycles. The van der Waals surface area contributed by atoms with Gasteiger partial charge in [0.2, 0.25) is 6.79 Å². The van der Waals surface area contributed by atoms with Crippen molar-refractivity contribution in [3.05, 3.63) is 22.2 Å². The topological polar surface area (TPSA) is 47.7 Å². The minimum atomic E-state index is 0.250. The van der Waals surface area contributed by atoms with E-state index in [2.05, 4.69) is 46.8 Å². The van der Waals surface area contributed by atoms with Gasteiger partial charge in [-0.1, -0.05) is 13.8 Å². The van der Waals surface area contributed by atoms with Gasteiger partial charge in [0, 0.05) is 19.1 Å². The Hall–Kier alpha value is -0.780. The van der Waals surface area contributed by atoms with Crippen molar-refractivity contribution in [2.24, 2.45) is 17.6 Å². The summed E-state index contributed by atoms with van der Waals surface area (Å²) in [6.07, 6.45) is 1.26. The molecule has 0 radical (unpaired) electrons. The first-order valence-corrected chi connectivity index (χ1v) is 8.42. The summed E-state index contributed by atoms with van der Waals surface area (Å²) in [5.41, 5.74) is 7.28. The van der Waals surface area contributed by atoms with Crippen LogP contribution in [0.5, 0.6) is 11.5 Å². The molecule has 0 amide bonds. The van der Waals surface area contributed by atoms with E-state index < -0.39 is 0 Å². The maximum atomic E-state index is 6.07. The maximum Gasteiger partial charge on any atom is 0.231 e. The van der Waals surface area contributed by atoms with Gasteiger partial charge in [0.15, 0.2) is 11.5 Å². The first-order chi connectivity index (χ1) is 10.1. The van der Waals surface area contributed by atoms with Crippen LogP contribution in [0.15, 0.2) is 16.6 Å². The highest BCUT2D eigenvalue weighted by Crippen LogP contribution is 2.42. The summed E-state index contributed by atoms with van der Waals surface area (Å²) in [5.74, 6) is 3.13. The minimum absolute atomic E-state index is 0.250. The van der Waals surface area contributed by atoms with Gasteiger partial charge < -0.3 is 15.2 Å². The smallest absolute Gasteiger partial charge is 0.231 e. The number of halogens is 1. The number of rotatable bonds is 4. The predicted octanol–water partition coefficient (Wildman–Crippen LogP) is 3.16. The second kappa shape index (κ2) is 6.15. The SMILES string of the molecule is CC(C)C1CCN(C(CN)c2cc(Br)c3c(c2)OCO3)C1. The zero-order chi connectivity index (χ0) is 15.0. The zero-order valence-corrected chi connectivity index (χ0v) is 14.2. The molecule has 3 rings (SSSR count). The van der Waals surface area contributed by atoms with Crippen molar-refractivity contribution in [3.63, 3.8) is 0 Å². The quantitative estimate of drug-likeness (QED) is 0.901. The highest BCUT2D eigenvalue weighted by Gasteiger charge is 2.31. The van der Waals surface area contributed by atoms with E-state index in [1.165, 1.54) is 12.0 Å². The molecule has 2 unspecified atom stereocenters. The molecule has 4 nitrogen and oxygen atoms in total. The molecule has 0 spiro atoms. The molecule has 2 atom stereocenters. The molecule has 2 heterocycles. The van der Waals surface area contributed by atoms with E-state index >= 15 is 0 Å². The van der Waals surface area contributed by atoms with Crippen LogP contribution in [-0.2, 0) is 0 Å². The number of nitrogens with two attached hydrogens (primary N) is 1. The van der Waals surface area contributed by atoms with Crippen LogP contribution in [0, 0.1) is 11.8 Å². The fourth-order valence-corrected chi connectivity index (χ4v) is 3.89. The van der Waals surface area contributed by atoms with Gasteiger partial charge in [-0.05, 0) is 58.4 Å². The molecule has 0 saturated carbocycles. The lowest BCUT2D eigenvalue weighted by Crippen LogP contribution is -2.32. The Morgan fingerprint density at radius 2 is 2.19 bits per heavy atom. The van der Waals surface area contributed by atoms with E-state index in [4.69, 9.17) is 15.2 Å². The Labute approximate surface area is 134 Å². The highest BCUT2D eigenvalue weighted by atomic mass is 79.9. The first kappa shape index (κ1) is 15.1. The van der Waals surface area contributed by atoms with Gasteiger partial charge in [0.1, 0.15) is 0 Å². The molecule has 21 heavy (non-hydrogen) atoms. The standard InChI is InChI=1S/C16H23BrN2O2/c1-10(2)11-3-4-19(8-11)14(7-18)12-5-13(17)16-15(6-12)20-9-21-16/h5-6,10-11,14H,3-4,7-9,18H2,1-2H3. The van der Waals surface area contributed by atoms with E-state index in [0.717, 1.165) is 40.9 Å². The third-order valence-electron chi connectivity index (χ3n) is 4.70. The normalized spacial score (nSPS) is 23.0. The molecule has 1 aromatic carbocycles. The van der Waals surface area contributed by atoms with Crippen molar-refractivity contribution in [2.45, 2.75) is 26.3 Å². The highest BCUT2D eigenvalue weighted by molar-refractivity contribution is 9.10. The van der Waals surface area contributed by atoms with Crippen LogP contribution in [0.2, 0.25) is 0 Å². The maximum absolute atomic E-state index is 6.07. The molecule has 116 valence electrons. The molecule has 2 N–H and O–H groups in total. The molecular weight excluding hydrogens is 332 g/mol. The van der Waals surface area contributed by atoms with Crippen LogP contribution in [0.1, 0.15) is 31.9 Å². The van der Waals surface area contributed by atoms with Gasteiger partial charge in [-0.25, -0.2) is 0 Å². The number of benzene rings is 1. The van der Waals surface area contributed by atoms with Crippen LogP contribution < -0.4 is 15.2 Å². The van der Waals surface area contributed by atoms with E-state index in [1.807, 2.05) is 0 Å². The Bertz CT molecular complexity index is 521. The fraction of sp³-hybridized carbons (Fsp3) is 0.625. The van der Waals surface area contributed by atoms with Crippen LogP contribution >= 0.6 is 15.9 Å². The summed E-state index contributed by atoms with van der Waals surface area (Å²) in [6, 6.07) is 4.45. The van der Waals surface area contributed by atoms with Crippen LogP contribution in [0.25, 0.3) is 0 Å². The molecule has 1 fully saturated rings. The molecule has 5 heteroatoms. The largest absolute Gasteiger partial charge is 0.454 e. The molecule has 0 aromatic heterocycles. The number of hydrogen-bond donors (Lipinski definition) is 1. The Balaban J connectivity index is 1.83. The minimum Gasteiger partial charge on any atom is -0.454 e. The molecule has 0 aliphatic carbocycles. The number of likely N-dealkylation sites (tertiary alicyclic amines) is 1. The van der Waals surface area contributed by atoms with Gasteiger partial charge in [-0.15, -0.1) is 0 Å². The third kappa shape index (κ3) is 2.91. The number of nitrogens with zero attached hydrogens (tertiary/aromatic N) is 1. The van der Waals surface area contributed by atoms with Gasteiger partial charge in [-0.3, -0.25) is 4.90 Å². The first-order valence-electron chi connectivity index (χ1n) is 7.63. The van der Waals surface area contributed by atoms with Gasteiger partial charge >= 0.3 is 0 Å². The van der Waals surface area contributed by atoms with Crippen molar-refractivity contribution in [1.82, 2.24) is 4.90 Å². The van der Waals surface area contributed by atoms with Gasteiger partial charge in [0.25, 0.3) is 0 Å². The summed E-state index contributed by atoms with van der Waals surface area (Å²) < 4.78 is 11.9. The molecular formula is C16H23BrN2O2. The van der Waals surface area contributed by atoms with E-state index in [0.29, 0.717) is 13.3 Å². The third-order valence-corrected chi connectivity index (χ3v) is 5.29. The fourth-order valence-electron chi connectivity index (χ4n) is 3.32. The van der Waals surface area contributed by atoms with Crippen molar-refractivity contribution in [3.8, 4) is 11.5 Å². The van der Waals surface area contributed by atoms with E-state index in [1.54, 1.807) is 0 Å². The van der Waals surface area contributed by atoms with E-state index in [9.17, 15) is 0 Å². The number of fused-ring (bicyclic) bond motifs is 1. The average molecular weight is 355 g/mol. The molecule has 2 aliphatic heterocycles.